The monoisotopic (exact) mass is 293 g/mol. The minimum atomic E-state index is -0.0331. The number of fused-ring (bicyclic) bond motifs is 1. The van der Waals surface area contributed by atoms with Crippen molar-refractivity contribution in [3.63, 3.8) is 0 Å². The van der Waals surface area contributed by atoms with Gasteiger partial charge in [0.25, 0.3) is 0 Å². The molecule has 110 valence electrons. The highest BCUT2D eigenvalue weighted by atomic mass is 32.2. The van der Waals surface area contributed by atoms with Crippen molar-refractivity contribution < 1.29 is 9.90 Å². The van der Waals surface area contributed by atoms with E-state index in [0.29, 0.717) is 0 Å². The molecule has 0 saturated heterocycles. The highest BCUT2D eigenvalue weighted by Crippen LogP contribution is 2.22. The Morgan fingerprint density at radius 3 is 2.75 bits per heavy atom. The fourth-order valence-corrected chi connectivity index (χ4v) is 3.39. The second kappa shape index (κ2) is 7.14. The molecular weight excluding hydrogens is 270 g/mol. The minimum absolute atomic E-state index is 0.0331. The molecule has 2 atom stereocenters. The molecule has 0 bridgehead atoms. The molecule has 4 heteroatoms. The number of thioether (sulfide) groups is 1. The SMILES string of the molecule is C[C@@H](CO)CS[C@@H](C)C(=O)N1CCc2ccccc2C1. The first-order valence-electron chi connectivity index (χ1n) is 7.20. The summed E-state index contributed by atoms with van der Waals surface area (Å²) in [5.74, 6) is 1.29. The molecule has 0 radical (unpaired) electrons. The molecule has 1 aromatic carbocycles. The summed E-state index contributed by atoms with van der Waals surface area (Å²) in [6.45, 7) is 5.70. The quantitative estimate of drug-likeness (QED) is 0.906. The Bertz CT molecular complexity index is 464. The molecule has 2 rings (SSSR count). The van der Waals surface area contributed by atoms with Gasteiger partial charge >= 0.3 is 0 Å². The van der Waals surface area contributed by atoms with E-state index in [4.69, 9.17) is 5.11 Å². The molecule has 0 aromatic heterocycles. The van der Waals surface area contributed by atoms with Gasteiger partial charge in [0.1, 0.15) is 0 Å². The van der Waals surface area contributed by atoms with Gasteiger partial charge in [-0.1, -0.05) is 31.2 Å². The van der Waals surface area contributed by atoms with Gasteiger partial charge in [0.2, 0.25) is 5.91 Å². The lowest BCUT2D eigenvalue weighted by Gasteiger charge is -2.31. The van der Waals surface area contributed by atoms with E-state index in [1.165, 1.54) is 11.1 Å². The summed E-state index contributed by atoms with van der Waals surface area (Å²) in [6, 6.07) is 8.36. The summed E-state index contributed by atoms with van der Waals surface area (Å²) in [7, 11) is 0. The van der Waals surface area contributed by atoms with Crippen LogP contribution in [-0.4, -0.2) is 40.1 Å². The lowest BCUT2D eigenvalue weighted by molar-refractivity contribution is -0.131. The van der Waals surface area contributed by atoms with Crippen molar-refractivity contribution >= 4 is 17.7 Å². The third-order valence-corrected chi connectivity index (χ3v) is 5.20. The lowest BCUT2D eigenvalue weighted by Crippen LogP contribution is -2.40. The molecule has 1 aromatic rings. The van der Waals surface area contributed by atoms with Crippen LogP contribution in [0.15, 0.2) is 24.3 Å². The van der Waals surface area contributed by atoms with Gasteiger partial charge < -0.3 is 10.0 Å². The predicted octanol–water partition coefficient (Wildman–Crippen LogP) is 2.32. The normalized spacial score (nSPS) is 17.4. The number of carbonyl (C=O) groups excluding carboxylic acids is 1. The minimum Gasteiger partial charge on any atom is -0.396 e. The number of rotatable bonds is 5. The smallest absolute Gasteiger partial charge is 0.235 e. The van der Waals surface area contributed by atoms with Crippen LogP contribution in [0.25, 0.3) is 0 Å². The van der Waals surface area contributed by atoms with Gasteiger partial charge in [-0.2, -0.15) is 0 Å². The maximum absolute atomic E-state index is 12.5. The molecule has 0 spiro atoms. The summed E-state index contributed by atoms with van der Waals surface area (Å²) in [5, 5.41) is 9.00. The maximum atomic E-state index is 12.5. The molecule has 0 fully saturated rings. The van der Waals surface area contributed by atoms with Crippen molar-refractivity contribution in [2.75, 3.05) is 18.9 Å². The number of carbonyl (C=O) groups is 1. The van der Waals surface area contributed by atoms with Crippen LogP contribution in [-0.2, 0) is 17.8 Å². The fraction of sp³-hybridized carbons (Fsp3) is 0.562. The molecule has 1 amide bonds. The Balaban J connectivity index is 1.91. The predicted molar refractivity (Wildman–Crippen MR) is 83.7 cm³/mol. The summed E-state index contributed by atoms with van der Waals surface area (Å²) in [5.41, 5.74) is 2.64. The zero-order valence-corrected chi connectivity index (χ0v) is 13.0. The standard InChI is InChI=1S/C16H23NO2S/c1-12(10-18)11-20-13(2)16(19)17-8-7-14-5-3-4-6-15(14)9-17/h3-6,12-13,18H,7-11H2,1-2H3/t12-,13-/m0/s1. The Morgan fingerprint density at radius 2 is 2.05 bits per heavy atom. The van der Waals surface area contributed by atoms with Gasteiger partial charge in [0.15, 0.2) is 0 Å². The fourth-order valence-electron chi connectivity index (χ4n) is 2.37. The van der Waals surface area contributed by atoms with E-state index in [9.17, 15) is 4.79 Å². The Hall–Kier alpha value is -1.00. The molecule has 20 heavy (non-hydrogen) atoms. The number of aliphatic hydroxyl groups excluding tert-OH is 1. The molecule has 0 unspecified atom stereocenters. The van der Waals surface area contributed by atoms with Crippen molar-refractivity contribution in [1.82, 2.24) is 4.90 Å². The Morgan fingerprint density at radius 1 is 1.35 bits per heavy atom. The third-order valence-electron chi connectivity index (χ3n) is 3.73. The van der Waals surface area contributed by atoms with E-state index in [-0.39, 0.29) is 23.7 Å². The van der Waals surface area contributed by atoms with Crippen molar-refractivity contribution in [3.05, 3.63) is 35.4 Å². The number of amides is 1. The molecule has 0 saturated carbocycles. The third kappa shape index (κ3) is 3.76. The van der Waals surface area contributed by atoms with Crippen molar-refractivity contribution in [3.8, 4) is 0 Å². The van der Waals surface area contributed by atoms with E-state index >= 15 is 0 Å². The van der Waals surface area contributed by atoms with Crippen LogP contribution in [0.4, 0.5) is 0 Å². The van der Waals surface area contributed by atoms with Crippen LogP contribution in [0, 0.1) is 5.92 Å². The van der Waals surface area contributed by atoms with E-state index in [1.807, 2.05) is 24.8 Å². The second-order valence-corrected chi connectivity index (χ2v) is 6.92. The average Bonchev–Trinajstić information content (AvgIpc) is 2.50. The highest BCUT2D eigenvalue weighted by Gasteiger charge is 2.24. The van der Waals surface area contributed by atoms with Crippen molar-refractivity contribution in [2.24, 2.45) is 5.92 Å². The summed E-state index contributed by atoms with van der Waals surface area (Å²) in [4.78, 5) is 14.4. The number of hydrogen-bond acceptors (Lipinski definition) is 3. The first-order chi connectivity index (χ1) is 9.61. The van der Waals surface area contributed by atoms with Crippen LogP contribution >= 0.6 is 11.8 Å². The van der Waals surface area contributed by atoms with Gasteiger partial charge in [-0.25, -0.2) is 0 Å². The Labute approximate surface area is 125 Å². The molecule has 0 aliphatic carbocycles. The molecule has 3 nitrogen and oxygen atoms in total. The van der Waals surface area contributed by atoms with E-state index < -0.39 is 0 Å². The van der Waals surface area contributed by atoms with Crippen LogP contribution in [0.5, 0.6) is 0 Å². The summed E-state index contributed by atoms with van der Waals surface area (Å²) in [6.07, 6.45) is 0.951. The first kappa shape index (κ1) is 15.4. The first-order valence-corrected chi connectivity index (χ1v) is 8.24. The second-order valence-electron chi connectivity index (χ2n) is 5.54. The highest BCUT2D eigenvalue weighted by molar-refractivity contribution is 8.00. The van der Waals surface area contributed by atoms with Crippen LogP contribution in [0.2, 0.25) is 0 Å². The average molecular weight is 293 g/mol. The van der Waals surface area contributed by atoms with Crippen molar-refractivity contribution in [1.29, 1.82) is 0 Å². The topological polar surface area (TPSA) is 40.5 Å². The van der Waals surface area contributed by atoms with Gasteiger partial charge in [-0.15, -0.1) is 11.8 Å². The lowest BCUT2D eigenvalue weighted by atomic mass is 10.00. The molecule has 1 aliphatic rings. The van der Waals surface area contributed by atoms with Gasteiger partial charge in [0, 0.05) is 19.7 Å². The van der Waals surface area contributed by atoms with Crippen LogP contribution in [0.1, 0.15) is 25.0 Å². The van der Waals surface area contributed by atoms with Crippen molar-refractivity contribution in [2.45, 2.75) is 32.1 Å². The summed E-state index contributed by atoms with van der Waals surface area (Å²) < 4.78 is 0. The van der Waals surface area contributed by atoms with Gasteiger partial charge in [-0.05, 0) is 36.1 Å². The Kier molecular flexibility index (Phi) is 5.49. The molecule has 1 aliphatic heterocycles. The number of benzene rings is 1. The maximum Gasteiger partial charge on any atom is 0.235 e. The van der Waals surface area contributed by atoms with E-state index in [2.05, 4.69) is 18.2 Å². The number of nitrogens with zero attached hydrogens (tertiary/aromatic N) is 1. The van der Waals surface area contributed by atoms with E-state index in [1.54, 1.807) is 11.8 Å². The van der Waals surface area contributed by atoms with Gasteiger partial charge in [0.05, 0.1) is 5.25 Å². The number of aliphatic hydroxyl groups is 1. The summed E-state index contributed by atoms with van der Waals surface area (Å²) >= 11 is 1.64. The molecule has 1 heterocycles. The van der Waals surface area contributed by atoms with Crippen LogP contribution in [0.3, 0.4) is 0 Å². The molecular formula is C16H23NO2S. The zero-order chi connectivity index (χ0) is 14.5. The molecule has 1 N–H and O–H groups in total. The van der Waals surface area contributed by atoms with Gasteiger partial charge in [-0.3, -0.25) is 4.79 Å². The zero-order valence-electron chi connectivity index (χ0n) is 12.2. The van der Waals surface area contributed by atoms with E-state index in [0.717, 1.165) is 25.3 Å². The largest absolute Gasteiger partial charge is 0.396 e. The number of hydrogen-bond donors (Lipinski definition) is 1. The van der Waals surface area contributed by atoms with Crippen LogP contribution < -0.4 is 0 Å².